The highest BCUT2D eigenvalue weighted by molar-refractivity contribution is 6.30. The van der Waals surface area contributed by atoms with Crippen molar-refractivity contribution >= 4 is 17.6 Å². The highest BCUT2D eigenvalue weighted by Gasteiger charge is 2.25. The van der Waals surface area contributed by atoms with Crippen molar-refractivity contribution in [2.24, 2.45) is 5.92 Å². The quantitative estimate of drug-likeness (QED) is 0.691. The number of hydrogen-bond acceptors (Lipinski definition) is 3. The summed E-state index contributed by atoms with van der Waals surface area (Å²) in [5, 5.41) is 14.7. The van der Waals surface area contributed by atoms with Crippen molar-refractivity contribution in [3.63, 3.8) is 0 Å². The van der Waals surface area contributed by atoms with Crippen molar-refractivity contribution in [3.05, 3.63) is 71.4 Å². The molecule has 1 N–H and O–H groups in total. The average molecular weight is 396 g/mol. The van der Waals surface area contributed by atoms with Gasteiger partial charge in [0.1, 0.15) is 0 Å². The standard InChI is InChI=1S/C22H22ClN3O2/c23-19-6-4-5-17(13-19)21-18(14-25-11-9-16(10-12-25)22(27)28)15-26(24-21)20-7-2-1-3-8-20/h1-8,13,15-16H,9-12,14H2,(H,27,28). The van der Waals surface area contributed by atoms with E-state index in [1.165, 1.54) is 0 Å². The van der Waals surface area contributed by atoms with Gasteiger partial charge >= 0.3 is 5.97 Å². The van der Waals surface area contributed by atoms with Crippen LogP contribution in [0.3, 0.4) is 0 Å². The number of aliphatic carboxylic acids is 1. The van der Waals surface area contributed by atoms with Crippen molar-refractivity contribution in [3.8, 4) is 16.9 Å². The Bertz CT molecular complexity index is 963. The molecule has 0 radical (unpaired) electrons. The number of halogens is 1. The molecule has 2 aromatic carbocycles. The highest BCUT2D eigenvalue weighted by atomic mass is 35.5. The number of carboxylic acid groups (broad SMARTS) is 1. The minimum atomic E-state index is -0.684. The van der Waals surface area contributed by atoms with Crippen LogP contribution < -0.4 is 0 Å². The van der Waals surface area contributed by atoms with E-state index in [1.807, 2.05) is 59.3 Å². The molecule has 1 fully saturated rings. The Morgan fingerprint density at radius 1 is 1.11 bits per heavy atom. The van der Waals surface area contributed by atoms with E-state index in [1.54, 1.807) is 0 Å². The van der Waals surface area contributed by atoms with Gasteiger partial charge in [0.15, 0.2) is 0 Å². The molecule has 5 nitrogen and oxygen atoms in total. The number of likely N-dealkylation sites (tertiary alicyclic amines) is 1. The van der Waals surface area contributed by atoms with E-state index in [9.17, 15) is 9.90 Å². The van der Waals surface area contributed by atoms with Crippen molar-refractivity contribution in [1.82, 2.24) is 14.7 Å². The van der Waals surface area contributed by atoms with Gasteiger partial charge in [-0.15, -0.1) is 0 Å². The summed E-state index contributed by atoms with van der Waals surface area (Å²) in [6.07, 6.45) is 3.44. The summed E-state index contributed by atoms with van der Waals surface area (Å²) in [4.78, 5) is 13.5. The molecule has 1 aromatic heterocycles. The van der Waals surface area contributed by atoms with E-state index in [4.69, 9.17) is 16.7 Å². The summed E-state index contributed by atoms with van der Waals surface area (Å²) in [6.45, 7) is 2.30. The normalized spacial score (nSPS) is 15.6. The lowest BCUT2D eigenvalue weighted by molar-refractivity contribution is -0.143. The number of benzene rings is 2. The van der Waals surface area contributed by atoms with Crippen LogP contribution in [0.4, 0.5) is 0 Å². The molecule has 3 aromatic rings. The van der Waals surface area contributed by atoms with Crippen LogP contribution in [0.1, 0.15) is 18.4 Å². The topological polar surface area (TPSA) is 58.4 Å². The Hall–Kier alpha value is -2.63. The Balaban J connectivity index is 1.63. The second-order valence-corrected chi connectivity index (χ2v) is 7.62. The van der Waals surface area contributed by atoms with Gasteiger partial charge in [-0.2, -0.15) is 5.10 Å². The summed E-state index contributed by atoms with van der Waals surface area (Å²) in [5.74, 6) is -0.910. The fourth-order valence-electron chi connectivity index (χ4n) is 3.70. The molecule has 144 valence electrons. The summed E-state index contributed by atoms with van der Waals surface area (Å²) in [5.41, 5.74) is 4.01. The first-order chi connectivity index (χ1) is 13.6. The zero-order valence-electron chi connectivity index (χ0n) is 15.5. The monoisotopic (exact) mass is 395 g/mol. The van der Waals surface area contributed by atoms with E-state index in [0.717, 1.165) is 42.1 Å². The number of piperidine rings is 1. The van der Waals surface area contributed by atoms with Crippen molar-refractivity contribution < 1.29 is 9.90 Å². The third-order valence-corrected chi connectivity index (χ3v) is 5.47. The number of para-hydroxylation sites is 1. The molecule has 0 unspecified atom stereocenters. The summed E-state index contributed by atoms with van der Waals surface area (Å²) >= 11 is 6.21. The molecular weight excluding hydrogens is 374 g/mol. The first kappa shape index (κ1) is 18.7. The van der Waals surface area contributed by atoms with E-state index in [-0.39, 0.29) is 5.92 Å². The smallest absolute Gasteiger partial charge is 0.306 e. The predicted molar refractivity (Wildman–Crippen MR) is 110 cm³/mol. The van der Waals surface area contributed by atoms with Crippen LogP contribution in [-0.4, -0.2) is 38.8 Å². The van der Waals surface area contributed by atoms with Gasteiger partial charge in [0.05, 0.1) is 17.3 Å². The van der Waals surface area contributed by atoms with E-state index < -0.39 is 5.97 Å². The van der Waals surface area contributed by atoms with E-state index in [0.29, 0.717) is 17.9 Å². The van der Waals surface area contributed by atoms with Gasteiger partial charge in [0.25, 0.3) is 0 Å². The number of rotatable bonds is 5. The van der Waals surface area contributed by atoms with Crippen molar-refractivity contribution in [2.75, 3.05) is 13.1 Å². The van der Waals surface area contributed by atoms with Gasteiger partial charge in [0.2, 0.25) is 0 Å². The molecule has 1 aliphatic heterocycles. The molecule has 0 aliphatic carbocycles. The zero-order chi connectivity index (χ0) is 19.5. The number of aromatic nitrogens is 2. The van der Waals surface area contributed by atoms with Crippen LogP contribution in [0.5, 0.6) is 0 Å². The Morgan fingerprint density at radius 3 is 2.54 bits per heavy atom. The van der Waals surface area contributed by atoms with Crippen LogP contribution in [0.2, 0.25) is 5.02 Å². The Morgan fingerprint density at radius 2 is 1.86 bits per heavy atom. The second-order valence-electron chi connectivity index (χ2n) is 7.18. The van der Waals surface area contributed by atoms with Crippen LogP contribution in [-0.2, 0) is 11.3 Å². The van der Waals surface area contributed by atoms with Gasteiger partial charge in [-0.05, 0) is 50.2 Å². The van der Waals surface area contributed by atoms with Crippen LogP contribution in [0.25, 0.3) is 16.9 Å². The minimum Gasteiger partial charge on any atom is -0.481 e. The summed E-state index contributed by atoms with van der Waals surface area (Å²) in [7, 11) is 0. The molecule has 28 heavy (non-hydrogen) atoms. The van der Waals surface area contributed by atoms with E-state index >= 15 is 0 Å². The maximum Gasteiger partial charge on any atom is 0.306 e. The molecule has 1 aliphatic rings. The van der Waals surface area contributed by atoms with Gasteiger partial charge in [0, 0.05) is 28.9 Å². The highest BCUT2D eigenvalue weighted by Crippen LogP contribution is 2.28. The third kappa shape index (κ3) is 4.11. The molecule has 2 heterocycles. The summed E-state index contributed by atoms with van der Waals surface area (Å²) in [6, 6.07) is 17.8. The lowest BCUT2D eigenvalue weighted by atomic mass is 9.96. The molecule has 0 atom stereocenters. The van der Waals surface area contributed by atoms with Crippen LogP contribution in [0.15, 0.2) is 60.8 Å². The SMILES string of the molecule is O=C(O)C1CCN(Cc2cn(-c3ccccc3)nc2-c2cccc(Cl)c2)CC1. The Labute approximate surface area is 169 Å². The van der Waals surface area contributed by atoms with Gasteiger partial charge in [-0.1, -0.05) is 41.9 Å². The van der Waals surface area contributed by atoms with Crippen LogP contribution >= 0.6 is 11.6 Å². The average Bonchev–Trinajstić information content (AvgIpc) is 3.13. The first-order valence-electron chi connectivity index (χ1n) is 9.45. The van der Waals surface area contributed by atoms with Gasteiger partial charge < -0.3 is 5.11 Å². The van der Waals surface area contributed by atoms with Gasteiger partial charge in [-0.3, -0.25) is 9.69 Å². The molecule has 0 saturated carbocycles. The molecule has 0 bridgehead atoms. The maximum atomic E-state index is 11.2. The second kappa shape index (κ2) is 8.17. The first-order valence-corrected chi connectivity index (χ1v) is 9.83. The molecule has 1 saturated heterocycles. The zero-order valence-corrected chi connectivity index (χ0v) is 16.2. The fourth-order valence-corrected chi connectivity index (χ4v) is 3.89. The number of carbonyl (C=O) groups is 1. The minimum absolute atomic E-state index is 0.226. The number of carboxylic acids is 1. The maximum absolute atomic E-state index is 11.2. The molecule has 0 amide bonds. The largest absolute Gasteiger partial charge is 0.481 e. The molecule has 0 spiro atoms. The van der Waals surface area contributed by atoms with Crippen molar-refractivity contribution in [1.29, 1.82) is 0 Å². The lowest BCUT2D eigenvalue weighted by Crippen LogP contribution is -2.35. The fraction of sp³-hybridized carbons (Fsp3) is 0.273. The number of hydrogen-bond donors (Lipinski definition) is 1. The van der Waals surface area contributed by atoms with Gasteiger partial charge in [-0.25, -0.2) is 4.68 Å². The molecular formula is C22H22ClN3O2. The third-order valence-electron chi connectivity index (χ3n) is 5.24. The Kier molecular flexibility index (Phi) is 5.46. The van der Waals surface area contributed by atoms with Crippen LogP contribution in [0, 0.1) is 5.92 Å². The number of nitrogens with zero attached hydrogens (tertiary/aromatic N) is 3. The molecule has 6 heteroatoms. The predicted octanol–water partition coefficient (Wildman–Crippen LogP) is 4.49. The summed E-state index contributed by atoms with van der Waals surface area (Å²) < 4.78 is 1.90. The molecule has 4 rings (SSSR count). The lowest BCUT2D eigenvalue weighted by Gasteiger charge is -2.29. The van der Waals surface area contributed by atoms with E-state index in [2.05, 4.69) is 11.1 Å². The van der Waals surface area contributed by atoms with Crippen molar-refractivity contribution in [2.45, 2.75) is 19.4 Å².